The van der Waals surface area contributed by atoms with E-state index in [1.54, 1.807) is 18.3 Å². The summed E-state index contributed by atoms with van der Waals surface area (Å²) in [6, 6.07) is 8.25. The third kappa shape index (κ3) is 4.88. The molecule has 1 aromatic heterocycles. The van der Waals surface area contributed by atoms with Crippen LogP contribution in [0.5, 0.6) is 5.75 Å². The van der Waals surface area contributed by atoms with Gasteiger partial charge in [0.2, 0.25) is 0 Å². The highest BCUT2D eigenvalue weighted by Crippen LogP contribution is 2.17. The van der Waals surface area contributed by atoms with Crippen molar-refractivity contribution < 1.29 is 13.2 Å². The molecule has 0 saturated heterocycles. The van der Waals surface area contributed by atoms with Gasteiger partial charge in [-0.2, -0.15) is 13.5 Å². The monoisotopic (exact) mass is 377 g/mol. The molecule has 142 valence electrons. The fourth-order valence-corrected chi connectivity index (χ4v) is 3.50. The van der Waals surface area contributed by atoms with Gasteiger partial charge in [-0.25, -0.2) is 4.83 Å². The number of nitrogens with zero attached hydrogens (tertiary/aromatic N) is 2. The van der Waals surface area contributed by atoms with Crippen LogP contribution in [0.4, 0.5) is 0 Å². The molecule has 6 nitrogen and oxygen atoms in total. The van der Waals surface area contributed by atoms with Gasteiger partial charge in [-0.05, 0) is 57.0 Å². The highest BCUT2D eigenvalue weighted by Gasteiger charge is 2.13. The number of benzene rings is 1. The summed E-state index contributed by atoms with van der Waals surface area (Å²) < 4.78 is 32.2. The molecule has 0 bridgehead atoms. The van der Waals surface area contributed by atoms with Crippen LogP contribution in [0.3, 0.4) is 0 Å². The highest BCUT2D eigenvalue weighted by molar-refractivity contribution is 7.89. The fourth-order valence-electron chi connectivity index (χ4n) is 2.70. The Kier molecular flexibility index (Phi) is 6.47. The lowest BCUT2D eigenvalue weighted by molar-refractivity contribution is 0.340. The second-order valence-corrected chi connectivity index (χ2v) is 8.25. The smallest absolute Gasteiger partial charge is 0.276 e. The minimum absolute atomic E-state index is 0.142. The Morgan fingerprint density at radius 2 is 1.88 bits per heavy atom. The second-order valence-electron chi connectivity index (χ2n) is 6.59. The summed E-state index contributed by atoms with van der Waals surface area (Å²) in [6.07, 6.45) is 1.55. The lowest BCUT2D eigenvalue weighted by atomic mass is 10.2. The lowest BCUT2D eigenvalue weighted by Gasteiger charge is -2.11. The number of ether oxygens (including phenoxy) is 1. The molecule has 0 amide bonds. The van der Waals surface area contributed by atoms with Gasteiger partial charge in [-0.3, -0.25) is 0 Å². The molecule has 0 aliphatic carbocycles. The van der Waals surface area contributed by atoms with Gasteiger partial charge >= 0.3 is 0 Å². The molecule has 1 N–H and O–H groups in total. The number of hydrazone groups is 1. The van der Waals surface area contributed by atoms with E-state index in [9.17, 15) is 8.42 Å². The molecule has 0 radical (unpaired) electrons. The van der Waals surface area contributed by atoms with E-state index >= 15 is 0 Å². The predicted octanol–water partition coefficient (Wildman–Crippen LogP) is 3.47. The first-order chi connectivity index (χ1) is 12.2. The van der Waals surface area contributed by atoms with E-state index in [1.807, 2.05) is 26.8 Å². The van der Waals surface area contributed by atoms with Crippen LogP contribution in [0.1, 0.15) is 37.7 Å². The molecule has 7 heteroatoms. The van der Waals surface area contributed by atoms with E-state index in [-0.39, 0.29) is 4.90 Å². The molecule has 0 spiro atoms. The number of hydrogen-bond acceptors (Lipinski definition) is 4. The van der Waals surface area contributed by atoms with E-state index in [4.69, 9.17) is 4.74 Å². The van der Waals surface area contributed by atoms with Crippen molar-refractivity contribution in [1.82, 2.24) is 9.40 Å². The van der Waals surface area contributed by atoms with Gasteiger partial charge in [0, 0.05) is 23.5 Å². The SMILES string of the molecule is CCOc1ccc(S(=O)(=O)NN=Cc2cc(C)n(CC(C)C)c2C)cc1. The fraction of sp³-hybridized carbons (Fsp3) is 0.421. The van der Waals surface area contributed by atoms with Crippen LogP contribution in [0, 0.1) is 19.8 Å². The first-order valence-corrected chi connectivity index (χ1v) is 10.2. The Bertz CT molecular complexity index is 866. The van der Waals surface area contributed by atoms with Crippen LogP contribution in [0.15, 0.2) is 40.3 Å². The van der Waals surface area contributed by atoms with E-state index in [0.29, 0.717) is 18.3 Å². The molecule has 2 rings (SSSR count). The third-order valence-electron chi connectivity index (χ3n) is 3.98. The number of aromatic nitrogens is 1. The topological polar surface area (TPSA) is 72.7 Å². The Morgan fingerprint density at radius 1 is 1.23 bits per heavy atom. The molecule has 0 unspecified atom stereocenters. The largest absolute Gasteiger partial charge is 0.494 e. The normalized spacial score (nSPS) is 12.1. The summed E-state index contributed by atoms with van der Waals surface area (Å²) in [5.41, 5.74) is 3.10. The van der Waals surface area contributed by atoms with Gasteiger partial charge in [0.1, 0.15) is 5.75 Å². The van der Waals surface area contributed by atoms with Crippen LogP contribution in [-0.4, -0.2) is 25.8 Å². The highest BCUT2D eigenvalue weighted by atomic mass is 32.2. The summed E-state index contributed by atoms with van der Waals surface area (Å²) in [5, 5.41) is 3.94. The first kappa shape index (κ1) is 20.0. The van der Waals surface area contributed by atoms with Gasteiger partial charge in [-0.15, -0.1) is 0 Å². The average molecular weight is 378 g/mol. The van der Waals surface area contributed by atoms with Crippen molar-refractivity contribution in [3.05, 3.63) is 47.3 Å². The first-order valence-electron chi connectivity index (χ1n) is 8.69. The summed E-state index contributed by atoms with van der Waals surface area (Å²) in [6.45, 7) is 11.7. The number of rotatable bonds is 8. The molecule has 1 heterocycles. The van der Waals surface area contributed by atoms with Gasteiger partial charge in [0.05, 0.1) is 17.7 Å². The van der Waals surface area contributed by atoms with E-state index in [1.165, 1.54) is 12.1 Å². The Labute approximate surface area is 155 Å². The number of sulfonamides is 1. The summed E-state index contributed by atoms with van der Waals surface area (Å²) >= 11 is 0. The van der Waals surface area contributed by atoms with Gasteiger partial charge in [0.25, 0.3) is 10.0 Å². The molecule has 1 aromatic carbocycles. The summed E-state index contributed by atoms with van der Waals surface area (Å²) in [7, 11) is -3.71. The minimum atomic E-state index is -3.71. The summed E-state index contributed by atoms with van der Waals surface area (Å²) in [5.74, 6) is 1.16. The average Bonchev–Trinajstić information content (AvgIpc) is 2.83. The molecule has 0 aliphatic rings. The molecule has 0 aliphatic heterocycles. The van der Waals surface area contributed by atoms with Crippen LogP contribution >= 0.6 is 0 Å². The van der Waals surface area contributed by atoms with Crippen molar-refractivity contribution in [2.75, 3.05) is 6.61 Å². The zero-order valence-electron chi connectivity index (χ0n) is 16.0. The van der Waals surface area contributed by atoms with Crippen LogP contribution in [0.2, 0.25) is 0 Å². The standard InChI is InChI=1S/C19H27N3O3S/c1-6-25-18-7-9-19(10-8-18)26(23,24)21-20-12-17-11-15(4)22(16(17)5)13-14(2)3/h7-12,14,21H,6,13H2,1-5H3. The lowest BCUT2D eigenvalue weighted by Crippen LogP contribution is -2.18. The number of hydrogen-bond donors (Lipinski definition) is 1. The van der Waals surface area contributed by atoms with Gasteiger partial charge in [-0.1, -0.05) is 13.8 Å². The van der Waals surface area contributed by atoms with E-state index < -0.39 is 10.0 Å². The number of aryl methyl sites for hydroxylation is 1. The minimum Gasteiger partial charge on any atom is -0.494 e. The number of nitrogens with one attached hydrogen (secondary N) is 1. The molecule has 0 fully saturated rings. The van der Waals surface area contributed by atoms with Crippen LogP contribution in [-0.2, 0) is 16.6 Å². The quantitative estimate of drug-likeness (QED) is 0.565. The maximum atomic E-state index is 12.3. The van der Waals surface area contributed by atoms with Crippen molar-refractivity contribution >= 4 is 16.2 Å². The van der Waals surface area contributed by atoms with Crippen molar-refractivity contribution in [2.24, 2.45) is 11.0 Å². The molecule has 26 heavy (non-hydrogen) atoms. The summed E-state index contributed by atoms with van der Waals surface area (Å²) in [4.78, 5) is 2.41. The second kappa shape index (κ2) is 8.40. The molecular formula is C19H27N3O3S. The van der Waals surface area contributed by atoms with Crippen molar-refractivity contribution in [2.45, 2.75) is 46.1 Å². The molecule has 0 saturated carbocycles. The van der Waals surface area contributed by atoms with Crippen molar-refractivity contribution in [3.8, 4) is 5.75 Å². The van der Waals surface area contributed by atoms with Gasteiger partial charge in [0.15, 0.2) is 0 Å². The van der Waals surface area contributed by atoms with E-state index in [2.05, 4.69) is 28.3 Å². The van der Waals surface area contributed by atoms with E-state index in [0.717, 1.165) is 23.5 Å². The molecule has 2 aromatic rings. The van der Waals surface area contributed by atoms with Gasteiger partial charge < -0.3 is 9.30 Å². The third-order valence-corrected chi connectivity index (χ3v) is 5.22. The van der Waals surface area contributed by atoms with Crippen molar-refractivity contribution in [3.63, 3.8) is 0 Å². The Balaban J connectivity index is 2.12. The zero-order chi connectivity index (χ0) is 19.3. The Hall–Kier alpha value is -2.28. The Morgan fingerprint density at radius 3 is 2.46 bits per heavy atom. The van der Waals surface area contributed by atoms with Crippen LogP contribution in [0.25, 0.3) is 0 Å². The zero-order valence-corrected chi connectivity index (χ0v) is 16.8. The van der Waals surface area contributed by atoms with Crippen molar-refractivity contribution in [1.29, 1.82) is 0 Å². The van der Waals surface area contributed by atoms with Crippen LogP contribution < -0.4 is 9.57 Å². The predicted molar refractivity (Wildman–Crippen MR) is 104 cm³/mol. The molecular weight excluding hydrogens is 350 g/mol. The maximum absolute atomic E-state index is 12.3. The molecule has 0 atom stereocenters. The maximum Gasteiger partial charge on any atom is 0.276 e.